The zero-order chi connectivity index (χ0) is 10.3. The van der Waals surface area contributed by atoms with Gasteiger partial charge in [-0.05, 0) is 32.1 Å². The van der Waals surface area contributed by atoms with E-state index in [1.165, 1.54) is 43.6 Å². The lowest BCUT2D eigenvalue weighted by molar-refractivity contribution is 0.287. The summed E-state index contributed by atoms with van der Waals surface area (Å²) >= 11 is 1.48. The SMILES string of the molecule is NCC1(Nc2nc(C3CC3)ns2)CCC1. The average molecular weight is 224 g/mol. The molecule has 2 aliphatic rings. The molecule has 0 saturated heterocycles. The molecule has 1 aromatic heterocycles. The van der Waals surface area contributed by atoms with Crippen molar-refractivity contribution < 1.29 is 0 Å². The number of rotatable bonds is 4. The maximum absolute atomic E-state index is 5.79. The molecule has 3 N–H and O–H groups in total. The summed E-state index contributed by atoms with van der Waals surface area (Å²) in [4.78, 5) is 4.53. The van der Waals surface area contributed by atoms with Crippen LogP contribution in [0.15, 0.2) is 0 Å². The van der Waals surface area contributed by atoms with E-state index in [2.05, 4.69) is 14.7 Å². The van der Waals surface area contributed by atoms with Crippen LogP contribution in [-0.4, -0.2) is 21.4 Å². The molecule has 0 aliphatic heterocycles. The number of hydrogen-bond donors (Lipinski definition) is 2. The summed E-state index contributed by atoms with van der Waals surface area (Å²) < 4.78 is 4.38. The molecule has 2 aliphatic carbocycles. The second-order valence-electron chi connectivity index (χ2n) is 4.70. The first-order chi connectivity index (χ1) is 7.31. The highest BCUT2D eigenvalue weighted by atomic mass is 32.1. The molecule has 0 bridgehead atoms. The largest absolute Gasteiger partial charge is 0.354 e. The van der Waals surface area contributed by atoms with Crippen LogP contribution in [0.5, 0.6) is 0 Å². The number of anilines is 1. The Morgan fingerprint density at radius 1 is 1.47 bits per heavy atom. The third kappa shape index (κ3) is 1.74. The summed E-state index contributed by atoms with van der Waals surface area (Å²) in [6.07, 6.45) is 6.14. The van der Waals surface area contributed by atoms with Gasteiger partial charge in [-0.3, -0.25) is 0 Å². The maximum atomic E-state index is 5.79. The second kappa shape index (κ2) is 3.42. The monoisotopic (exact) mass is 224 g/mol. The molecule has 0 atom stereocenters. The van der Waals surface area contributed by atoms with Crippen LogP contribution in [0.25, 0.3) is 0 Å². The Hall–Kier alpha value is -0.680. The highest BCUT2D eigenvalue weighted by Crippen LogP contribution is 2.40. The molecule has 0 radical (unpaired) electrons. The molecule has 0 amide bonds. The van der Waals surface area contributed by atoms with E-state index in [4.69, 9.17) is 5.73 Å². The minimum atomic E-state index is 0.125. The third-order valence-corrected chi connectivity index (χ3v) is 4.10. The number of aromatic nitrogens is 2. The first-order valence-electron chi connectivity index (χ1n) is 5.63. The van der Waals surface area contributed by atoms with Crippen LogP contribution in [0.3, 0.4) is 0 Å². The number of nitrogens with zero attached hydrogens (tertiary/aromatic N) is 2. The van der Waals surface area contributed by atoms with Crippen LogP contribution < -0.4 is 11.1 Å². The fourth-order valence-electron chi connectivity index (χ4n) is 2.00. The standard InChI is InChI=1S/C10H16N4S/c11-6-10(4-1-5-10)13-9-12-8(14-15-9)7-2-3-7/h7H,1-6,11H2,(H,12,13,14). The number of nitrogens with two attached hydrogens (primary N) is 1. The van der Waals surface area contributed by atoms with Crippen molar-refractivity contribution in [2.24, 2.45) is 5.73 Å². The van der Waals surface area contributed by atoms with Crippen LogP contribution in [0.2, 0.25) is 0 Å². The van der Waals surface area contributed by atoms with Gasteiger partial charge in [-0.15, -0.1) is 0 Å². The smallest absolute Gasteiger partial charge is 0.203 e. The zero-order valence-electron chi connectivity index (χ0n) is 8.70. The predicted molar refractivity (Wildman–Crippen MR) is 61.1 cm³/mol. The Labute approximate surface area is 93.4 Å². The summed E-state index contributed by atoms with van der Waals surface area (Å²) in [6, 6.07) is 0. The molecule has 0 unspecified atom stereocenters. The van der Waals surface area contributed by atoms with Gasteiger partial charge in [-0.2, -0.15) is 4.37 Å². The quantitative estimate of drug-likeness (QED) is 0.817. The Kier molecular flexibility index (Phi) is 2.17. The highest BCUT2D eigenvalue weighted by Gasteiger charge is 2.36. The van der Waals surface area contributed by atoms with Crippen molar-refractivity contribution in [1.29, 1.82) is 0 Å². The lowest BCUT2D eigenvalue weighted by Gasteiger charge is -2.41. The molecular weight excluding hydrogens is 208 g/mol. The van der Waals surface area contributed by atoms with Crippen LogP contribution >= 0.6 is 11.5 Å². The first-order valence-corrected chi connectivity index (χ1v) is 6.40. The van der Waals surface area contributed by atoms with E-state index in [0.717, 1.165) is 11.0 Å². The van der Waals surface area contributed by atoms with E-state index in [9.17, 15) is 0 Å². The van der Waals surface area contributed by atoms with Crippen molar-refractivity contribution in [1.82, 2.24) is 9.36 Å². The summed E-state index contributed by atoms with van der Waals surface area (Å²) in [5.74, 6) is 1.68. The van der Waals surface area contributed by atoms with E-state index in [1.807, 2.05) is 0 Å². The van der Waals surface area contributed by atoms with Crippen LogP contribution in [0.4, 0.5) is 5.13 Å². The van der Waals surface area contributed by atoms with E-state index in [-0.39, 0.29) is 5.54 Å². The van der Waals surface area contributed by atoms with E-state index < -0.39 is 0 Å². The van der Waals surface area contributed by atoms with Crippen molar-refractivity contribution >= 4 is 16.7 Å². The topological polar surface area (TPSA) is 63.8 Å². The number of hydrogen-bond acceptors (Lipinski definition) is 5. The first kappa shape index (κ1) is 9.54. The molecule has 82 valence electrons. The summed E-state index contributed by atoms with van der Waals surface area (Å²) in [7, 11) is 0. The molecule has 1 aromatic rings. The van der Waals surface area contributed by atoms with Crippen molar-refractivity contribution in [3.63, 3.8) is 0 Å². The van der Waals surface area contributed by atoms with Gasteiger partial charge in [0.15, 0.2) is 0 Å². The minimum Gasteiger partial charge on any atom is -0.354 e. The van der Waals surface area contributed by atoms with E-state index >= 15 is 0 Å². The predicted octanol–water partition coefficient (Wildman–Crippen LogP) is 1.71. The molecule has 5 heteroatoms. The van der Waals surface area contributed by atoms with Gasteiger partial charge < -0.3 is 11.1 Å². The fraction of sp³-hybridized carbons (Fsp3) is 0.800. The van der Waals surface area contributed by atoms with Crippen LogP contribution in [0, 0.1) is 0 Å². The van der Waals surface area contributed by atoms with Crippen LogP contribution in [-0.2, 0) is 0 Å². The molecule has 3 rings (SSSR count). The molecule has 1 heterocycles. The lowest BCUT2D eigenvalue weighted by atomic mass is 9.77. The van der Waals surface area contributed by atoms with Gasteiger partial charge >= 0.3 is 0 Å². The molecule has 0 aromatic carbocycles. The van der Waals surface area contributed by atoms with Crippen molar-refractivity contribution in [3.8, 4) is 0 Å². The Morgan fingerprint density at radius 2 is 2.27 bits per heavy atom. The third-order valence-electron chi connectivity index (χ3n) is 3.46. The molecule has 4 nitrogen and oxygen atoms in total. The molecule has 2 saturated carbocycles. The van der Waals surface area contributed by atoms with Crippen LogP contribution in [0.1, 0.15) is 43.8 Å². The zero-order valence-corrected chi connectivity index (χ0v) is 9.52. The van der Waals surface area contributed by atoms with Gasteiger partial charge in [0.05, 0.1) is 5.54 Å². The summed E-state index contributed by atoms with van der Waals surface area (Å²) in [5, 5.41) is 4.42. The van der Waals surface area contributed by atoms with Gasteiger partial charge in [0, 0.05) is 24.0 Å². The Bertz CT molecular complexity index is 349. The Morgan fingerprint density at radius 3 is 2.80 bits per heavy atom. The Balaban J connectivity index is 1.70. The van der Waals surface area contributed by atoms with Crippen molar-refractivity contribution in [2.75, 3.05) is 11.9 Å². The average Bonchev–Trinajstić information content (AvgIpc) is 2.94. The molecular formula is C10H16N4S. The summed E-state index contributed by atoms with van der Waals surface area (Å²) in [5.41, 5.74) is 5.91. The van der Waals surface area contributed by atoms with Gasteiger partial charge in [0.25, 0.3) is 0 Å². The van der Waals surface area contributed by atoms with E-state index in [1.54, 1.807) is 0 Å². The summed E-state index contributed by atoms with van der Waals surface area (Å²) in [6.45, 7) is 0.700. The van der Waals surface area contributed by atoms with Gasteiger partial charge in [-0.1, -0.05) is 0 Å². The van der Waals surface area contributed by atoms with Gasteiger partial charge in [0.2, 0.25) is 5.13 Å². The van der Waals surface area contributed by atoms with Gasteiger partial charge in [-0.25, -0.2) is 4.98 Å². The lowest BCUT2D eigenvalue weighted by Crippen LogP contribution is -2.51. The van der Waals surface area contributed by atoms with Crippen molar-refractivity contribution in [3.05, 3.63) is 5.82 Å². The molecule has 2 fully saturated rings. The molecule has 0 spiro atoms. The van der Waals surface area contributed by atoms with Gasteiger partial charge in [0.1, 0.15) is 5.82 Å². The minimum absolute atomic E-state index is 0.125. The second-order valence-corrected chi connectivity index (χ2v) is 5.45. The number of nitrogens with one attached hydrogen (secondary N) is 1. The normalized spacial score (nSPS) is 23.5. The highest BCUT2D eigenvalue weighted by molar-refractivity contribution is 7.09. The molecule has 15 heavy (non-hydrogen) atoms. The van der Waals surface area contributed by atoms with E-state index in [0.29, 0.717) is 12.5 Å². The fourth-order valence-corrected chi connectivity index (χ4v) is 2.77. The van der Waals surface area contributed by atoms with Crippen molar-refractivity contribution in [2.45, 2.75) is 43.6 Å². The maximum Gasteiger partial charge on any atom is 0.203 e.